The van der Waals surface area contributed by atoms with Crippen molar-refractivity contribution in [1.29, 1.82) is 0 Å². The molecule has 1 aromatic carbocycles. The maximum absolute atomic E-state index is 10.0. The van der Waals surface area contributed by atoms with Crippen LogP contribution in [0.1, 0.15) is 24.8 Å². The molecule has 1 saturated carbocycles. The third kappa shape index (κ3) is 1.94. The lowest BCUT2D eigenvalue weighted by molar-refractivity contribution is 0.156. The van der Waals surface area contributed by atoms with Crippen molar-refractivity contribution in [2.75, 3.05) is 18.0 Å². The molecule has 2 heteroatoms. The molecule has 0 spiro atoms. The standard InChI is InChI=1S/C14H19NO/c16-14(12-7-8-12)10-15-9-3-5-11-4-1-2-6-13(11)15/h1-2,4,6,12,14,16H,3,5,7-10H2. The van der Waals surface area contributed by atoms with Crippen molar-refractivity contribution >= 4 is 5.69 Å². The third-order valence-electron chi connectivity index (χ3n) is 3.78. The smallest absolute Gasteiger partial charge is 0.0743 e. The number of anilines is 1. The molecule has 1 heterocycles. The van der Waals surface area contributed by atoms with Gasteiger partial charge in [0.1, 0.15) is 0 Å². The topological polar surface area (TPSA) is 23.5 Å². The zero-order valence-corrected chi connectivity index (χ0v) is 9.60. The van der Waals surface area contributed by atoms with Gasteiger partial charge in [0.2, 0.25) is 0 Å². The van der Waals surface area contributed by atoms with Gasteiger partial charge in [-0.1, -0.05) is 18.2 Å². The normalized spacial score (nSPS) is 21.7. The van der Waals surface area contributed by atoms with E-state index in [2.05, 4.69) is 29.2 Å². The van der Waals surface area contributed by atoms with E-state index < -0.39 is 0 Å². The van der Waals surface area contributed by atoms with Gasteiger partial charge in [0, 0.05) is 18.8 Å². The van der Waals surface area contributed by atoms with Crippen LogP contribution in [0.25, 0.3) is 0 Å². The van der Waals surface area contributed by atoms with Gasteiger partial charge in [-0.15, -0.1) is 0 Å². The molecule has 0 amide bonds. The molecule has 2 nitrogen and oxygen atoms in total. The van der Waals surface area contributed by atoms with Gasteiger partial charge >= 0.3 is 0 Å². The van der Waals surface area contributed by atoms with Crippen LogP contribution >= 0.6 is 0 Å². The highest BCUT2D eigenvalue weighted by Crippen LogP contribution is 2.34. The summed E-state index contributed by atoms with van der Waals surface area (Å²) in [6.45, 7) is 1.92. The number of rotatable bonds is 3. The monoisotopic (exact) mass is 217 g/mol. The van der Waals surface area contributed by atoms with Gasteiger partial charge in [-0.3, -0.25) is 0 Å². The van der Waals surface area contributed by atoms with Gasteiger partial charge in [0.05, 0.1) is 6.10 Å². The molecule has 0 bridgehead atoms. The van der Waals surface area contributed by atoms with Crippen LogP contribution in [0.4, 0.5) is 5.69 Å². The fraction of sp³-hybridized carbons (Fsp3) is 0.571. The largest absolute Gasteiger partial charge is 0.391 e. The van der Waals surface area contributed by atoms with E-state index in [0.717, 1.165) is 13.1 Å². The molecule has 86 valence electrons. The molecular formula is C14H19NO. The molecular weight excluding hydrogens is 198 g/mol. The van der Waals surface area contributed by atoms with E-state index in [1.54, 1.807) is 0 Å². The first-order chi connectivity index (χ1) is 7.84. The van der Waals surface area contributed by atoms with Gasteiger partial charge in [0.15, 0.2) is 0 Å². The van der Waals surface area contributed by atoms with Crippen LogP contribution in [0.15, 0.2) is 24.3 Å². The van der Waals surface area contributed by atoms with Crippen LogP contribution in [0, 0.1) is 5.92 Å². The Bertz CT molecular complexity index is 373. The summed E-state index contributed by atoms with van der Waals surface area (Å²) in [5, 5.41) is 10.0. The Morgan fingerprint density at radius 1 is 1.31 bits per heavy atom. The van der Waals surface area contributed by atoms with E-state index in [1.165, 1.54) is 36.9 Å². The third-order valence-corrected chi connectivity index (χ3v) is 3.78. The number of nitrogens with zero attached hydrogens (tertiary/aromatic N) is 1. The Balaban J connectivity index is 1.76. The van der Waals surface area contributed by atoms with Crippen LogP contribution in [-0.4, -0.2) is 24.3 Å². The number of aliphatic hydroxyl groups is 1. The molecule has 1 aliphatic heterocycles. The lowest BCUT2D eigenvalue weighted by atomic mass is 10.0. The number of hydrogen-bond donors (Lipinski definition) is 1. The van der Waals surface area contributed by atoms with Crippen molar-refractivity contribution in [1.82, 2.24) is 0 Å². The summed E-state index contributed by atoms with van der Waals surface area (Å²) >= 11 is 0. The zero-order chi connectivity index (χ0) is 11.0. The highest BCUT2D eigenvalue weighted by molar-refractivity contribution is 5.55. The minimum atomic E-state index is -0.119. The van der Waals surface area contributed by atoms with E-state index in [1.807, 2.05) is 0 Å². The number of β-amino-alcohol motifs (C(OH)–C–C–N with tert-alkyl or cyclic N) is 1. The molecule has 1 unspecified atom stereocenters. The van der Waals surface area contributed by atoms with Gasteiger partial charge in [0.25, 0.3) is 0 Å². The van der Waals surface area contributed by atoms with E-state index in [0.29, 0.717) is 5.92 Å². The Morgan fingerprint density at radius 2 is 2.12 bits per heavy atom. The summed E-state index contributed by atoms with van der Waals surface area (Å²) in [7, 11) is 0. The van der Waals surface area contributed by atoms with E-state index in [4.69, 9.17) is 0 Å². The highest BCUT2D eigenvalue weighted by Gasteiger charge is 2.31. The van der Waals surface area contributed by atoms with Crippen LogP contribution in [0.2, 0.25) is 0 Å². The zero-order valence-electron chi connectivity index (χ0n) is 9.60. The lowest BCUT2D eigenvalue weighted by Crippen LogP contribution is -2.37. The predicted molar refractivity (Wildman–Crippen MR) is 65.7 cm³/mol. The second-order valence-electron chi connectivity index (χ2n) is 5.08. The van der Waals surface area contributed by atoms with Crippen molar-refractivity contribution in [2.24, 2.45) is 5.92 Å². The molecule has 0 aromatic heterocycles. The van der Waals surface area contributed by atoms with Gasteiger partial charge in [-0.2, -0.15) is 0 Å². The van der Waals surface area contributed by atoms with Crippen LogP contribution in [-0.2, 0) is 6.42 Å². The van der Waals surface area contributed by atoms with Crippen molar-refractivity contribution in [3.05, 3.63) is 29.8 Å². The summed E-state index contributed by atoms with van der Waals surface area (Å²) in [5.41, 5.74) is 2.78. The second kappa shape index (κ2) is 4.10. The number of aryl methyl sites for hydroxylation is 1. The number of hydrogen-bond acceptors (Lipinski definition) is 2. The highest BCUT2D eigenvalue weighted by atomic mass is 16.3. The van der Waals surface area contributed by atoms with Crippen molar-refractivity contribution in [2.45, 2.75) is 31.8 Å². The molecule has 1 aromatic rings. The first kappa shape index (κ1) is 10.2. The number of fused-ring (bicyclic) bond motifs is 1. The number of para-hydroxylation sites is 1. The summed E-state index contributed by atoms with van der Waals surface area (Å²) in [4.78, 5) is 2.36. The minimum absolute atomic E-state index is 0.119. The fourth-order valence-electron chi connectivity index (χ4n) is 2.66. The van der Waals surface area contributed by atoms with Crippen molar-refractivity contribution in [3.8, 4) is 0 Å². The maximum Gasteiger partial charge on any atom is 0.0743 e. The first-order valence-corrected chi connectivity index (χ1v) is 6.35. The van der Waals surface area contributed by atoms with E-state index in [-0.39, 0.29) is 6.10 Å². The summed E-state index contributed by atoms with van der Waals surface area (Å²) < 4.78 is 0. The minimum Gasteiger partial charge on any atom is -0.391 e. The average molecular weight is 217 g/mol. The average Bonchev–Trinajstić information content (AvgIpc) is 3.13. The number of benzene rings is 1. The molecule has 1 fully saturated rings. The molecule has 3 rings (SSSR count). The SMILES string of the molecule is OC(CN1CCCc2ccccc21)C1CC1. The van der Waals surface area contributed by atoms with Crippen LogP contribution in [0.3, 0.4) is 0 Å². The molecule has 1 atom stereocenters. The Morgan fingerprint density at radius 3 is 2.94 bits per heavy atom. The molecule has 2 aliphatic rings. The molecule has 0 radical (unpaired) electrons. The van der Waals surface area contributed by atoms with Crippen LogP contribution in [0.5, 0.6) is 0 Å². The molecule has 16 heavy (non-hydrogen) atoms. The molecule has 0 saturated heterocycles. The van der Waals surface area contributed by atoms with Crippen molar-refractivity contribution < 1.29 is 5.11 Å². The summed E-state index contributed by atoms with van der Waals surface area (Å²) in [5.74, 6) is 0.578. The number of aliphatic hydroxyl groups excluding tert-OH is 1. The van der Waals surface area contributed by atoms with Crippen molar-refractivity contribution in [3.63, 3.8) is 0 Å². The first-order valence-electron chi connectivity index (χ1n) is 6.35. The van der Waals surface area contributed by atoms with Crippen LogP contribution < -0.4 is 4.90 Å². The van der Waals surface area contributed by atoms with Gasteiger partial charge in [-0.05, 0) is 43.2 Å². The molecule has 1 N–H and O–H groups in total. The predicted octanol–water partition coefficient (Wildman–Crippen LogP) is 2.21. The Kier molecular flexibility index (Phi) is 2.60. The van der Waals surface area contributed by atoms with Gasteiger partial charge < -0.3 is 10.0 Å². The Hall–Kier alpha value is -1.02. The molecule has 1 aliphatic carbocycles. The van der Waals surface area contributed by atoms with E-state index in [9.17, 15) is 5.11 Å². The van der Waals surface area contributed by atoms with Gasteiger partial charge in [-0.25, -0.2) is 0 Å². The Labute approximate surface area is 96.9 Å². The maximum atomic E-state index is 10.0. The second-order valence-corrected chi connectivity index (χ2v) is 5.08. The lowest BCUT2D eigenvalue weighted by Gasteiger charge is -2.32. The fourth-order valence-corrected chi connectivity index (χ4v) is 2.66. The summed E-state index contributed by atoms with van der Waals surface area (Å²) in [6.07, 6.45) is 4.72. The summed E-state index contributed by atoms with van der Waals surface area (Å²) in [6, 6.07) is 8.61. The quantitative estimate of drug-likeness (QED) is 0.839. The van der Waals surface area contributed by atoms with E-state index >= 15 is 0 Å².